The summed E-state index contributed by atoms with van der Waals surface area (Å²) in [6.45, 7) is -0.316. The number of hydrogen-bond donors (Lipinski definition) is 8. The molecule has 2 aromatic heterocycles. The van der Waals surface area contributed by atoms with Crippen LogP contribution >= 0.6 is 12.6 Å². The predicted octanol–water partition coefficient (Wildman–Crippen LogP) is -0.896. The first kappa shape index (κ1) is 25.8. The van der Waals surface area contributed by atoms with E-state index in [9.17, 15) is 24.3 Å². The molecule has 3 unspecified atom stereocenters. The van der Waals surface area contributed by atoms with Crippen molar-refractivity contribution < 1.29 is 24.3 Å². The van der Waals surface area contributed by atoms with E-state index < -0.39 is 41.8 Å². The first-order chi connectivity index (χ1) is 16.8. The molecular formula is C22H27N7O5S. The summed E-state index contributed by atoms with van der Waals surface area (Å²) < 4.78 is 0. The minimum Gasteiger partial charge on any atom is -0.480 e. The zero-order valence-corrected chi connectivity index (χ0v) is 19.5. The first-order valence-electron chi connectivity index (χ1n) is 10.8. The van der Waals surface area contributed by atoms with Crippen LogP contribution in [-0.2, 0) is 32.0 Å². The highest BCUT2D eigenvalue weighted by atomic mass is 32.1. The fourth-order valence-electron chi connectivity index (χ4n) is 3.54. The van der Waals surface area contributed by atoms with Gasteiger partial charge in [-0.2, -0.15) is 12.6 Å². The molecule has 0 aliphatic carbocycles. The molecule has 3 atom stereocenters. The molecule has 13 heteroatoms. The van der Waals surface area contributed by atoms with Crippen molar-refractivity contribution in [2.75, 3.05) is 12.3 Å². The smallest absolute Gasteiger partial charge is 0.326 e. The van der Waals surface area contributed by atoms with Crippen LogP contribution < -0.4 is 21.7 Å². The number of aliphatic carboxylic acids is 1. The van der Waals surface area contributed by atoms with E-state index in [-0.39, 0.29) is 25.1 Å². The van der Waals surface area contributed by atoms with Crippen molar-refractivity contribution in [3.8, 4) is 0 Å². The number of nitrogens with zero attached hydrogens (tertiary/aromatic N) is 1. The molecular weight excluding hydrogens is 474 g/mol. The van der Waals surface area contributed by atoms with E-state index in [1.165, 1.54) is 12.5 Å². The number of aromatic amines is 2. The van der Waals surface area contributed by atoms with E-state index in [4.69, 9.17) is 5.73 Å². The fraction of sp³-hybridized carbons (Fsp3) is 0.318. The van der Waals surface area contributed by atoms with E-state index in [2.05, 4.69) is 43.5 Å². The number of aromatic nitrogens is 3. The third-order valence-electron chi connectivity index (χ3n) is 5.35. The van der Waals surface area contributed by atoms with Crippen molar-refractivity contribution in [1.82, 2.24) is 30.9 Å². The summed E-state index contributed by atoms with van der Waals surface area (Å²) in [6, 6.07) is 3.99. The van der Waals surface area contributed by atoms with E-state index >= 15 is 0 Å². The molecule has 2 heterocycles. The lowest BCUT2D eigenvalue weighted by molar-refractivity contribution is -0.142. The number of thiol groups is 1. The van der Waals surface area contributed by atoms with Crippen molar-refractivity contribution in [2.45, 2.75) is 31.0 Å². The van der Waals surface area contributed by atoms with Gasteiger partial charge in [0.05, 0.1) is 12.9 Å². The minimum atomic E-state index is -1.25. The lowest BCUT2D eigenvalue weighted by atomic mass is 10.0. The number of fused-ring (bicyclic) bond motifs is 1. The number of rotatable bonds is 12. The molecule has 0 radical (unpaired) electrons. The Bertz CT molecular complexity index is 1180. The molecule has 3 amide bonds. The summed E-state index contributed by atoms with van der Waals surface area (Å²) in [7, 11) is 0. The van der Waals surface area contributed by atoms with Crippen LogP contribution in [0, 0.1) is 0 Å². The van der Waals surface area contributed by atoms with Crippen LogP contribution in [0.1, 0.15) is 11.3 Å². The molecule has 0 fully saturated rings. The normalized spacial score (nSPS) is 13.5. The second-order valence-electron chi connectivity index (χ2n) is 7.81. The maximum Gasteiger partial charge on any atom is 0.326 e. The highest BCUT2D eigenvalue weighted by Gasteiger charge is 2.30. The topological polar surface area (TPSA) is 195 Å². The van der Waals surface area contributed by atoms with E-state index in [1.807, 2.05) is 24.3 Å². The Kier molecular flexibility index (Phi) is 8.86. The molecule has 8 N–H and O–H groups in total. The average molecular weight is 502 g/mol. The number of imidazole rings is 1. The van der Waals surface area contributed by atoms with Crippen molar-refractivity contribution in [3.05, 3.63) is 54.2 Å². The van der Waals surface area contributed by atoms with Crippen LogP contribution in [0.5, 0.6) is 0 Å². The molecule has 0 saturated carbocycles. The number of para-hydroxylation sites is 1. The number of benzene rings is 1. The molecule has 0 bridgehead atoms. The zero-order valence-electron chi connectivity index (χ0n) is 18.7. The lowest BCUT2D eigenvalue weighted by Crippen LogP contribution is -2.57. The quantitative estimate of drug-likeness (QED) is 0.147. The third kappa shape index (κ3) is 6.83. The average Bonchev–Trinajstić information content (AvgIpc) is 3.51. The van der Waals surface area contributed by atoms with Gasteiger partial charge in [-0.05, 0) is 11.6 Å². The maximum atomic E-state index is 13.1. The molecule has 0 aliphatic rings. The number of H-pyrrole nitrogens is 2. The van der Waals surface area contributed by atoms with Gasteiger partial charge in [0, 0.05) is 47.6 Å². The molecule has 0 spiro atoms. The molecule has 0 aliphatic heterocycles. The zero-order chi connectivity index (χ0) is 25.4. The van der Waals surface area contributed by atoms with Crippen molar-refractivity contribution in [2.24, 2.45) is 5.73 Å². The Hall–Kier alpha value is -3.84. The lowest BCUT2D eigenvalue weighted by Gasteiger charge is -2.23. The Morgan fingerprint density at radius 3 is 2.37 bits per heavy atom. The van der Waals surface area contributed by atoms with Gasteiger partial charge in [-0.15, -0.1) is 0 Å². The van der Waals surface area contributed by atoms with Crippen molar-refractivity contribution in [1.29, 1.82) is 0 Å². The van der Waals surface area contributed by atoms with Crippen LogP contribution in [0.25, 0.3) is 10.9 Å². The van der Waals surface area contributed by atoms with Gasteiger partial charge in [0.2, 0.25) is 17.7 Å². The van der Waals surface area contributed by atoms with Crippen molar-refractivity contribution in [3.63, 3.8) is 0 Å². The van der Waals surface area contributed by atoms with Gasteiger partial charge < -0.3 is 36.8 Å². The van der Waals surface area contributed by atoms with Crippen LogP contribution in [0.3, 0.4) is 0 Å². The summed E-state index contributed by atoms with van der Waals surface area (Å²) in [5.74, 6) is -3.18. The van der Waals surface area contributed by atoms with Gasteiger partial charge in [-0.3, -0.25) is 14.4 Å². The van der Waals surface area contributed by atoms with Crippen molar-refractivity contribution >= 4 is 47.2 Å². The van der Waals surface area contributed by atoms with Gasteiger partial charge >= 0.3 is 5.97 Å². The number of carboxylic acids is 1. The Labute approximate surface area is 205 Å². The van der Waals surface area contributed by atoms with Crippen LogP contribution in [0.15, 0.2) is 43.0 Å². The molecule has 3 aromatic rings. The van der Waals surface area contributed by atoms with Gasteiger partial charge in [-0.25, -0.2) is 9.78 Å². The summed E-state index contributed by atoms with van der Waals surface area (Å²) >= 11 is 4.08. The molecule has 12 nitrogen and oxygen atoms in total. The van der Waals surface area contributed by atoms with E-state index in [0.717, 1.165) is 16.5 Å². The summed E-state index contributed by atoms with van der Waals surface area (Å²) in [4.78, 5) is 59.3. The number of carboxylic acid groups (broad SMARTS) is 1. The second-order valence-corrected chi connectivity index (χ2v) is 8.18. The standard InChI is InChI=1S/C22H27N7O5S/c23-7-19(30)27-18(10-35)21(32)28-16(6-13-9-24-11-26-13)20(31)29-17(22(33)34)5-12-8-25-15-4-2-1-3-14(12)15/h1-4,8-9,11,16-18,25,35H,5-7,10,23H2,(H,24,26)(H,27,30)(H,28,32)(H,29,31)(H,33,34). The number of carbonyl (C=O) groups excluding carboxylic acids is 3. The Morgan fingerprint density at radius 2 is 1.71 bits per heavy atom. The van der Waals surface area contributed by atoms with Crippen LogP contribution in [0.4, 0.5) is 0 Å². The number of amides is 3. The highest BCUT2D eigenvalue weighted by molar-refractivity contribution is 7.80. The van der Waals surface area contributed by atoms with Crippen LogP contribution in [-0.4, -0.2) is 74.2 Å². The van der Waals surface area contributed by atoms with Gasteiger partial charge in [0.15, 0.2) is 0 Å². The molecule has 3 rings (SSSR count). The predicted molar refractivity (Wildman–Crippen MR) is 131 cm³/mol. The fourth-order valence-corrected chi connectivity index (χ4v) is 3.80. The molecule has 186 valence electrons. The Morgan fingerprint density at radius 1 is 1.00 bits per heavy atom. The highest BCUT2D eigenvalue weighted by Crippen LogP contribution is 2.19. The van der Waals surface area contributed by atoms with Crippen LogP contribution in [0.2, 0.25) is 0 Å². The third-order valence-corrected chi connectivity index (χ3v) is 5.71. The number of nitrogens with one attached hydrogen (secondary N) is 5. The monoisotopic (exact) mass is 501 g/mol. The second kappa shape index (κ2) is 12.0. The minimum absolute atomic E-state index is 0.0150. The summed E-state index contributed by atoms with van der Waals surface area (Å²) in [6.07, 6.45) is 4.65. The van der Waals surface area contributed by atoms with Gasteiger partial charge in [0.25, 0.3) is 0 Å². The molecule has 1 aromatic carbocycles. The van der Waals surface area contributed by atoms with E-state index in [1.54, 1.807) is 6.20 Å². The number of nitrogens with two attached hydrogens (primary N) is 1. The number of hydrogen-bond acceptors (Lipinski definition) is 7. The van der Waals surface area contributed by atoms with E-state index in [0.29, 0.717) is 5.69 Å². The van der Waals surface area contributed by atoms with Gasteiger partial charge in [0.1, 0.15) is 18.1 Å². The SMILES string of the molecule is NCC(=O)NC(CS)C(=O)NC(Cc1cnc[nH]1)C(=O)NC(Cc1c[nH]c2ccccc12)C(=O)O. The summed E-state index contributed by atoms with van der Waals surface area (Å²) in [5, 5.41) is 18.1. The number of carbonyl (C=O) groups is 4. The first-order valence-corrected chi connectivity index (χ1v) is 11.4. The molecule has 35 heavy (non-hydrogen) atoms. The molecule has 0 saturated heterocycles. The maximum absolute atomic E-state index is 13.1. The Balaban J connectivity index is 1.76. The summed E-state index contributed by atoms with van der Waals surface area (Å²) in [5.41, 5.74) is 7.40. The largest absolute Gasteiger partial charge is 0.480 e. The van der Waals surface area contributed by atoms with Gasteiger partial charge in [-0.1, -0.05) is 18.2 Å².